The van der Waals surface area contributed by atoms with E-state index in [1.54, 1.807) is 43.3 Å². The van der Waals surface area contributed by atoms with Crippen LogP contribution in [0.25, 0.3) is 0 Å². The summed E-state index contributed by atoms with van der Waals surface area (Å²) in [6.45, 7) is 0.242. The molecule has 0 unspecified atom stereocenters. The number of methoxy groups -OCH3 is 1. The Balaban J connectivity index is 1.74. The molecular formula is C23H21NO4S. The van der Waals surface area contributed by atoms with E-state index in [-0.39, 0.29) is 12.2 Å². The number of carbonyl (C=O) groups is 1. The van der Waals surface area contributed by atoms with Crippen molar-refractivity contribution < 1.29 is 19.4 Å². The van der Waals surface area contributed by atoms with Gasteiger partial charge in [-0.25, -0.2) is 4.79 Å². The molecule has 29 heavy (non-hydrogen) atoms. The number of nitrogens with zero attached hydrogens (tertiary/aromatic N) is 1. The van der Waals surface area contributed by atoms with Gasteiger partial charge in [-0.1, -0.05) is 24.3 Å². The third-order valence-electron chi connectivity index (χ3n) is 4.19. The fourth-order valence-electron chi connectivity index (χ4n) is 2.72. The van der Waals surface area contributed by atoms with E-state index < -0.39 is 5.97 Å². The van der Waals surface area contributed by atoms with Crippen molar-refractivity contribution in [3.63, 3.8) is 0 Å². The summed E-state index contributed by atoms with van der Waals surface area (Å²) >= 11 is 1.65. The zero-order valence-electron chi connectivity index (χ0n) is 16.2. The van der Waals surface area contributed by atoms with Gasteiger partial charge in [0.05, 0.1) is 18.4 Å². The monoisotopic (exact) mass is 407 g/mol. The minimum atomic E-state index is -0.962. The molecule has 0 atom stereocenters. The van der Waals surface area contributed by atoms with Crippen LogP contribution in [-0.2, 0) is 6.61 Å². The third kappa shape index (κ3) is 5.39. The maximum atomic E-state index is 11.1. The van der Waals surface area contributed by atoms with Gasteiger partial charge in [-0.3, -0.25) is 4.99 Å². The zero-order chi connectivity index (χ0) is 20.6. The quantitative estimate of drug-likeness (QED) is 0.397. The third-order valence-corrected chi connectivity index (χ3v) is 4.98. The van der Waals surface area contributed by atoms with Crippen molar-refractivity contribution in [3.8, 4) is 11.5 Å². The summed E-state index contributed by atoms with van der Waals surface area (Å²) in [5, 5.41) is 9.10. The van der Waals surface area contributed by atoms with Gasteiger partial charge in [0.1, 0.15) is 6.61 Å². The van der Waals surface area contributed by atoms with Gasteiger partial charge in [0, 0.05) is 11.1 Å². The second-order valence-corrected chi connectivity index (χ2v) is 6.98. The van der Waals surface area contributed by atoms with Gasteiger partial charge in [0.15, 0.2) is 11.5 Å². The van der Waals surface area contributed by atoms with Gasteiger partial charge in [0.2, 0.25) is 0 Å². The fraction of sp³-hybridized carbons (Fsp3) is 0.130. The average Bonchev–Trinajstić information content (AvgIpc) is 2.76. The Kier molecular flexibility index (Phi) is 6.92. The van der Waals surface area contributed by atoms with Gasteiger partial charge >= 0.3 is 5.97 Å². The molecule has 0 radical (unpaired) electrons. The molecule has 0 heterocycles. The van der Waals surface area contributed by atoms with Crippen LogP contribution in [0.15, 0.2) is 76.6 Å². The van der Waals surface area contributed by atoms with Crippen molar-refractivity contribution in [2.24, 2.45) is 4.99 Å². The number of carboxylic acid groups (broad SMARTS) is 1. The molecule has 0 aliphatic rings. The Morgan fingerprint density at radius 1 is 1.07 bits per heavy atom. The van der Waals surface area contributed by atoms with Crippen LogP contribution >= 0.6 is 11.8 Å². The van der Waals surface area contributed by atoms with Crippen LogP contribution in [0.3, 0.4) is 0 Å². The van der Waals surface area contributed by atoms with Crippen molar-refractivity contribution in [1.29, 1.82) is 0 Å². The van der Waals surface area contributed by atoms with Gasteiger partial charge in [0.25, 0.3) is 0 Å². The molecule has 0 fully saturated rings. The number of ether oxygens (including phenoxy) is 2. The fourth-order valence-corrected chi connectivity index (χ4v) is 3.26. The summed E-state index contributed by atoms with van der Waals surface area (Å²) in [5.74, 6) is 0.201. The lowest BCUT2D eigenvalue weighted by molar-refractivity contribution is 0.0696. The molecule has 0 aliphatic heterocycles. The molecule has 1 N–H and O–H groups in total. The summed E-state index contributed by atoms with van der Waals surface area (Å²) in [7, 11) is 1.58. The van der Waals surface area contributed by atoms with E-state index in [0.717, 1.165) is 21.7 Å². The van der Waals surface area contributed by atoms with Crippen molar-refractivity contribution in [1.82, 2.24) is 0 Å². The minimum Gasteiger partial charge on any atom is -0.493 e. The smallest absolute Gasteiger partial charge is 0.335 e. The number of aliphatic imine (C=N–C) groups is 1. The van der Waals surface area contributed by atoms with Crippen LogP contribution in [0.2, 0.25) is 0 Å². The van der Waals surface area contributed by atoms with Crippen LogP contribution < -0.4 is 9.47 Å². The first kappa shape index (κ1) is 20.5. The molecule has 5 nitrogen and oxygen atoms in total. The van der Waals surface area contributed by atoms with E-state index in [2.05, 4.69) is 4.99 Å². The number of para-hydroxylation sites is 1. The second kappa shape index (κ2) is 9.80. The lowest BCUT2D eigenvalue weighted by Crippen LogP contribution is -2.01. The van der Waals surface area contributed by atoms with Crippen LogP contribution in [-0.4, -0.2) is 30.7 Å². The maximum Gasteiger partial charge on any atom is 0.335 e. The first-order chi connectivity index (χ1) is 14.1. The Labute approximate surface area is 174 Å². The van der Waals surface area contributed by atoms with Gasteiger partial charge < -0.3 is 14.6 Å². The maximum absolute atomic E-state index is 11.1. The standard InChI is InChI=1S/C23H21NO4S/c1-27-21-13-16(14-24-19-8-3-4-9-22(19)29-2)10-11-20(21)28-15-17-6-5-7-18(12-17)23(25)26/h3-14H,15H2,1-2H3,(H,25,26). The Hall–Kier alpha value is -3.25. The summed E-state index contributed by atoms with van der Waals surface area (Å²) in [5.41, 5.74) is 2.80. The first-order valence-corrected chi connectivity index (χ1v) is 10.1. The number of hydrogen-bond donors (Lipinski definition) is 1. The average molecular weight is 407 g/mol. The van der Waals surface area contributed by atoms with Gasteiger partial charge in [-0.05, 0) is 59.8 Å². The molecule has 148 valence electrons. The number of carboxylic acids is 1. The normalized spacial score (nSPS) is 10.8. The van der Waals surface area contributed by atoms with Crippen LogP contribution in [0.4, 0.5) is 5.69 Å². The van der Waals surface area contributed by atoms with Crippen LogP contribution in [0.1, 0.15) is 21.5 Å². The molecule has 6 heteroatoms. The number of aromatic carboxylic acids is 1. The largest absolute Gasteiger partial charge is 0.493 e. The van der Waals surface area contributed by atoms with Gasteiger partial charge in [-0.2, -0.15) is 0 Å². The SMILES string of the molecule is COc1cc(C=Nc2ccccc2SC)ccc1OCc1cccc(C(=O)O)c1. The van der Waals surface area contributed by atoms with Crippen molar-refractivity contribution >= 4 is 29.6 Å². The molecule has 0 bridgehead atoms. The summed E-state index contributed by atoms with van der Waals surface area (Å²) in [6.07, 6.45) is 3.81. The summed E-state index contributed by atoms with van der Waals surface area (Å²) < 4.78 is 11.3. The molecule has 3 aromatic rings. The molecule has 0 aromatic heterocycles. The van der Waals surface area contributed by atoms with E-state index in [9.17, 15) is 4.79 Å². The Morgan fingerprint density at radius 2 is 1.90 bits per heavy atom. The molecule has 0 saturated carbocycles. The second-order valence-electron chi connectivity index (χ2n) is 6.13. The Morgan fingerprint density at radius 3 is 2.66 bits per heavy atom. The summed E-state index contributed by atoms with van der Waals surface area (Å²) in [4.78, 5) is 16.8. The number of hydrogen-bond acceptors (Lipinski definition) is 5. The van der Waals surface area contributed by atoms with Crippen LogP contribution in [0, 0.1) is 0 Å². The highest BCUT2D eigenvalue weighted by Crippen LogP contribution is 2.30. The Bertz CT molecular complexity index is 1030. The molecule has 0 spiro atoms. The van der Waals surface area contributed by atoms with Gasteiger partial charge in [-0.15, -0.1) is 11.8 Å². The molecule has 0 aliphatic carbocycles. The summed E-state index contributed by atoms with van der Waals surface area (Å²) in [6, 6.07) is 20.2. The van der Waals surface area contributed by atoms with Crippen molar-refractivity contribution in [2.75, 3.05) is 13.4 Å². The molecule has 3 rings (SSSR count). The number of rotatable bonds is 8. The lowest BCUT2D eigenvalue weighted by Gasteiger charge is -2.11. The molecule has 0 saturated heterocycles. The first-order valence-electron chi connectivity index (χ1n) is 8.91. The van der Waals surface area contributed by atoms with E-state index in [4.69, 9.17) is 14.6 Å². The number of thioether (sulfide) groups is 1. The van der Waals surface area contributed by atoms with Crippen LogP contribution in [0.5, 0.6) is 11.5 Å². The van der Waals surface area contributed by atoms with E-state index in [1.165, 1.54) is 0 Å². The lowest BCUT2D eigenvalue weighted by atomic mass is 10.1. The zero-order valence-corrected chi connectivity index (χ0v) is 17.0. The van der Waals surface area contributed by atoms with Crippen molar-refractivity contribution in [3.05, 3.63) is 83.4 Å². The number of benzene rings is 3. The highest BCUT2D eigenvalue weighted by molar-refractivity contribution is 7.98. The minimum absolute atomic E-state index is 0.232. The molecular weight excluding hydrogens is 386 g/mol. The van der Waals surface area contributed by atoms with E-state index in [1.807, 2.05) is 54.8 Å². The molecule has 3 aromatic carbocycles. The van der Waals surface area contributed by atoms with E-state index >= 15 is 0 Å². The highest BCUT2D eigenvalue weighted by Gasteiger charge is 2.08. The molecule has 0 amide bonds. The highest BCUT2D eigenvalue weighted by atomic mass is 32.2. The topological polar surface area (TPSA) is 68.1 Å². The predicted octanol–water partition coefficient (Wildman–Crippen LogP) is 5.44. The van der Waals surface area contributed by atoms with Crippen molar-refractivity contribution in [2.45, 2.75) is 11.5 Å². The van der Waals surface area contributed by atoms with E-state index in [0.29, 0.717) is 11.5 Å². The predicted molar refractivity (Wildman–Crippen MR) is 116 cm³/mol.